The Kier molecular flexibility index (Phi) is 4.33. The molecule has 1 aliphatic rings. The minimum Gasteiger partial charge on any atom is -0.394 e. The first-order valence-electron chi connectivity index (χ1n) is 7.18. The lowest BCUT2D eigenvalue weighted by molar-refractivity contribution is -0.122. The van der Waals surface area contributed by atoms with Crippen LogP contribution in [-0.2, 0) is 4.79 Å². The highest BCUT2D eigenvalue weighted by molar-refractivity contribution is 5.82. The first-order chi connectivity index (χ1) is 9.46. The van der Waals surface area contributed by atoms with Gasteiger partial charge in [0.05, 0.1) is 18.7 Å². The summed E-state index contributed by atoms with van der Waals surface area (Å²) >= 11 is 0. The molecule has 4 heteroatoms. The molecule has 1 amide bonds. The predicted molar refractivity (Wildman–Crippen MR) is 80.8 cm³/mol. The van der Waals surface area contributed by atoms with E-state index in [0.717, 1.165) is 29.7 Å². The molecular formula is C16H24N2O2. The second kappa shape index (κ2) is 5.83. The van der Waals surface area contributed by atoms with E-state index in [2.05, 4.69) is 10.6 Å². The molecule has 0 spiro atoms. The van der Waals surface area contributed by atoms with Crippen molar-refractivity contribution >= 4 is 11.6 Å². The van der Waals surface area contributed by atoms with E-state index in [1.807, 2.05) is 39.0 Å². The molecular weight excluding hydrogens is 252 g/mol. The van der Waals surface area contributed by atoms with E-state index < -0.39 is 5.54 Å². The molecule has 110 valence electrons. The average Bonchev–Trinajstić information content (AvgIpc) is 3.22. The summed E-state index contributed by atoms with van der Waals surface area (Å²) in [5.74, 6) is 0.341. The second-order valence-corrected chi connectivity index (χ2v) is 6.02. The van der Waals surface area contributed by atoms with E-state index in [0.29, 0.717) is 5.92 Å². The molecule has 2 rings (SSSR count). The van der Waals surface area contributed by atoms with Crippen LogP contribution in [0.3, 0.4) is 0 Å². The molecule has 0 aliphatic heterocycles. The normalized spacial score (nSPS) is 17.4. The van der Waals surface area contributed by atoms with Gasteiger partial charge < -0.3 is 15.7 Å². The molecule has 0 radical (unpaired) electrons. The van der Waals surface area contributed by atoms with Gasteiger partial charge in [-0.25, -0.2) is 0 Å². The number of benzene rings is 1. The monoisotopic (exact) mass is 276 g/mol. The lowest BCUT2D eigenvalue weighted by Crippen LogP contribution is -2.52. The number of anilines is 1. The summed E-state index contributed by atoms with van der Waals surface area (Å²) in [7, 11) is 0. The van der Waals surface area contributed by atoms with Gasteiger partial charge in [-0.15, -0.1) is 0 Å². The van der Waals surface area contributed by atoms with Gasteiger partial charge in [0.25, 0.3) is 0 Å². The summed E-state index contributed by atoms with van der Waals surface area (Å²) in [5.41, 5.74) is 2.80. The third-order valence-electron chi connectivity index (χ3n) is 4.14. The number of para-hydroxylation sites is 1. The van der Waals surface area contributed by atoms with Crippen LogP contribution in [0, 0.1) is 19.8 Å². The summed E-state index contributed by atoms with van der Waals surface area (Å²) in [5, 5.41) is 15.6. The number of hydrogen-bond donors (Lipinski definition) is 3. The van der Waals surface area contributed by atoms with Crippen LogP contribution >= 0.6 is 0 Å². The molecule has 4 nitrogen and oxygen atoms in total. The molecule has 1 aliphatic carbocycles. The Morgan fingerprint density at radius 2 is 1.95 bits per heavy atom. The molecule has 1 saturated carbocycles. The molecule has 1 unspecified atom stereocenters. The van der Waals surface area contributed by atoms with E-state index in [1.54, 1.807) is 0 Å². The molecule has 1 fully saturated rings. The maximum Gasteiger partial charge on any atom is 0.239 e. The Labute approximate surface area is 120 Å². The number of carbonyl (C=O) groups is 1. The molecule has 20 heavy (non-hydrogen) atoms. The fraction of sp³-hybridized carbons (Fsp3) is 0.562. The minimum absolute atomic E-state index is 0.00714. The van der Waals surface area contributed by atoms with Gasteiger partial charge in [-0.05, 0) is 50.7 Å². The highest BCUT2D eigenvalue weighted by atomic mass is 16.3. The van der Waals surface area contributed by atoms with Crippen molar-refractivity contribution in [3.63, 3.8) is 0 Å². The summed E-state index contributed by atoms with van der Waals surface area (Å²) in [6.45, 7) is 6.19. The van der Waals surface area contributed by atoms with Gasteiger partial charge in [0.1, 0.15) is 0 Å². The number of nitrogens with one attached hydrogen (secondary N) is 2. The molecule has 1 aromatic rings. The largest absolute Gasteiger partial charge is 0.394 e. The quantitative estimate of drug-likeness (QED) is 0.744. The predicted octanol–water partition coefficient (Wildman–Crippen LogP) is 1.99. The summed E-state index contributed by atoms with van der Waals surface area (Å²) in [6, 6.07) is 6.05. The van der Waals surface area contributed by atoms with E-state index in [9.17, 15) is 9.90 Å². The molecule has 0 aromatic heterocycles. The molecule has 0 bridgehead atoms. The minimum atomic E-state index is -0.473. The molecule has 0 saturated heterocycles. The molecule has 0 heterocycles. The van der Waals surface area contributed by atoms with Gasteiger partial charge >= 0.3 is 0 Å². The van der Waals surface area contributed by atoms with E-state index in [-0.39, 0.29) is 19.1 Å². The third-order valence-corrected chi connectivity index (χ3v) is 4.14. The highest BCUT2D eigenvalue weighted by Crippen LogP contribution is 2.39. The Bertz CT molecular complexity index is 477. The van der Waals surface area contributed by atoms with Crippen molar-refractivity contribution in [3.8, 4) is 0 Å². The van der Waals surface area contributed by atoms with Gasteiger partial charge in [0.2, 0.25) is 5.91 Å². The van der Waals surface area contributed by atoms with Gasteiger partial charge in [-0.1, -0.05) is 18.2 Å². The van der Waals surface area contributed by atoms with Gasteiger partial charge in [0, 0.05) is 5.69 Å². The lowest BCUT2D eigenvalue weighted by atomic mass is 9.97. The highest BCUT2D eigenvalue weighted by Gasteiger charge is 2.42. The zero-order valence-electron chi connectivity index (χ0n) is 12.5. The van der Waals surface area contributed by atoms with Crippen molar-refractivity contribution in [2.75, 3.05) is 18.5 Å². The fourth-order valence-electron chi connectivity index (χ4n) is 2.62. The van der Waals surface area contributed by atoms with Crippen LogP contribution in [0.15, 0.2) is 18.2 Å². The van der Waals surface area contributed by atoms with Crippen LogP contribution in [-0.4, -0.2) is 29.7 Å². The number of amides is 1. The number of hydrogen-bond acceptors (Lipinski definition) is 3. The number of rotatable bonds is 6. The van der Waals surface area contributed by atoms with Gasteiger partial charge in [-0.3, -0.25) is 4.79 Å². The molecule has 3 N–H and O–H groups in total. The number of aliphatic hydroxyl groups excluding tert-OH is 1. The summed E-state index contributed by atoms with van der Waals surface area (Å²) in [6.07, 6.45) is 2.17. The Morgan fingerprint density at radius 3 is 2.45 bits per heavy atom. The average molecular weight is 276 g/mol. The Morgan fingerprint density at radius 1 is 1.35 bits per heavy atom. The number of aryl methyl sites for hydroxylation is 2. The topological polar surface area (TPSA) is 61.4 Å². The molecule has 1 aromatic carbocycles. The van der Waals surface area contributed by atoms with Gasteiger partial charge in [-0.2, -0.15) is 0 Å². The first-order valence-corrected chi connectivity index (χ1v) is 7.18. The van der Waals surface area contributed by atoms with Crippen LogP contribution in [0.2, 0.25) is 0 Å². The van der Waals surface area contributed by atoms with Crippen molar-refractivity contribution in [2.24, 2.45) is 5.92 Å². The zero-order valence-corrected chi connectivity index (χ0v) is 12.5. The van der Waals surface area contributed by atoms with Crippen molar-refractivity contribution in [1.82, 2.24) is 5.32 Å². The fourth-order valence-corrected chi connectivity index (χ4v) is 2.62. The maximum atomic E-state index is 12.1. The SMILES string of the molecule is Cc1cccc(C)c1NCC(=O)NC(C)(CO)C1CC1. The zero-order chi connectivity index (χ0) is 14.8. The third kappa shape index (κ3) is 3.31. The number of aliphatic hydroxyl groups is 1. The van der Waals surface area contributed by atoms with Crippen LogP contribution in [0.5, 0.6) is 0 Å². The standard InChI is InChI=1S/C16H24N2O2/c1-11-5-4-6-12(2)15(11)17-9-14(20)18-16(3,10-19)13-7-8-13/h4-6,13,17,19H,7-10H2,1-3H3,(H,18,20). The van der Waals surface area contributed by atoms with Crippen LogP contribution < -0.4 is 10.6 Å². The van der Waals surface area contributed by atoms with Crippen LogP contribution in [0.25, 0.3) is 0 Å². The Hall–Kier alpha value is -1.55. The maximum absolute atomic E-state index is 12.1. The summed E-state index contributed by atoms with van der Waals surface area (Å²) in [4.78, 5) is 12.1. The van der Waals surface area contributed by atoms with Crippen molar-refractivity contribution in [3.05, 3.63) is 29.3 Å². The number of carbonyl (C=O) groups excluding carboxylic acids is 1. The van der Waals surface area contributed by atoms with Crippen LogP contribution in [0.4, 0.5) is 5.69 Å². The molecule has 1 atom stereocenters. The lowest BCUT2D eigenvalue weighted by Gasteiger charge is -2.29. The van der Waals surface area contributed by atoms with E-state index in [1.165, 1.54) is 0 Å². The van der Waals surface area contributed by atoms with Gasteiger partial charge in [0.15, 0.2) is 0 Å². The first kappa shape index (κ1) is 14.9. The van der Waals surface area contributed by atoms with Crippen LogP contribution in [0.1, 0.15) is 30.9 Å². The van der Waals surface area contributed by atoms with Crippen molar-refractivity contribution < 1.29 is 9.90 Å². The summed E-state index contributed by atoms with van der Waals surface area (Å²) < 4.78 is 0. The smallest absolute Gasteiger partial charge is 0.239 e. The second-order valence-electron chi connectivity index (χ2n) is 6.02. The van der Waals surface area contributed by atoms with E-state index >= 15 is 0 Å². The van der Waals surface area contributed by atoms with E-state index in [4.69, 9.17) is 0 Å². The van der Waals surface area contributed by atoms with Crippen molar-refractivity contribution in [2.45, 2.75) is 39.2 Å². The Balaban J connectivity index is 1.92. The van der Waals surface area contributed by atoms with Crippen molar-refractivity contribution in [1.29, 1.82) is 0 Å².